The Balaban J connectivity index is 1.91. The first-order valence-corrected chi connectivity index (χ1v) is 8.41. The topological polar surface area (TPSA) is 32.3 Å². The summed E-state index contributed by atoms with van der Waals surface area (Å²) < 4.78 is 0. The first-order chi connectivity index (χ1) is 9.79. The first kappa shape index (κ1) is 15.3. The van der Waals surface area contributed by atoms with Crippen molar-refractivity contribution in [3.63, 3.8) is 0 Å². The summed E-state index contributed by atoms with van der Waals surface area (Å²) in [6, 6.07) is 4.51. The van der Waals surface area contributed by atoms with Gasteiger partial charge in [0.1, 0.15) is 0 Å². The van der Waals surface area contributed by atoms with Crippen molar-refractivity contribution in [2.45, 2.75) is 38.6 Å². The number of thiophene rings is 1. The summed E-state index contributed by atoms with van der Waals surface area (Å²) in [7, 11) is 0. The lowest BCUT2D eigenvalue weighted by Crippen LogP contribution is -2.40. The molecule has 1 N–H and O–H groups in total. The van der Waals surface area contributed by atoms with Gasteiger partial charge in [-0.15, -0.1) is 11.3 Å². The predicted molar refractivity (Wildman–Crippen MR) is 85.9 cm³/mol. The second kappa shape index (κ2) is 8.22. The number of rotatable bonds is 7. The standard InChI is InChI=1S/C16H24N2OS/c1-2-3-11-18(13-14-6-4-10-17-14)16(19)9-8-15-7-5-12-20-15/h5,7-9,12,14,17H,2-4,6,10-11,13H2,1H3/b9-8+. The average molecular weight is 292 g/mol. The number of amides is 1. The molecular weight excluding hydrogens is 268 g/mol. The molecule has 1 saturated heterocycles. The molecule has 0 saturated carbocycles. The lowest BCUT2D eigenvalue weighted by atomic mass is 10.2. The quantitative estimate of drug-likeness (QED) is 0.783. The maximum Gasteiger partial charge on any atom is 0.246 e. The Morgan fingerprint density at radius 1 is 1.60 bits per heavy atom. The summed E-state index contributed by atoms with van der Waals surface area (Å²) in [6.45, 7) is 4.96. The second-order valence-electron chi connectivity index (χ2n) is 5.28. The molecule has 1 unspecified atom stereocenters. The summed E-state index contributed by atoms with van der Waals surface area (Å²) in [5.41, 5.74) is 0. The fraction of sp³-hybridized carbons (Fsp3) is 0.562. The molecule has 20 heavy (non-hydrogen) atoms. The number of unbranched alkanes of at least 4 members (excludes halogenated alkanes) is 1. The van der Waals surface area contributed by atoms with Crippen LogP contribution < -0.4 is 5.32 Å². The minimum Gasteiger partial charge on any atom is -0.338 e. The van der Waals surface area contributed by atoms with Crippen LogP contribution in [0.4, 0.5) is 0 Å². The summed E-state index contributed by atoms with van der Waals surface area (Å²) in [5, 5.41) is 5.50. The van der Waals surface area contributed by atoms with Crippen LogP contribution in [0.2, 0.25) is 0 Å². The summed E-state index contributed by atoms with van der Waals surface area (Å²) in [6.07, 6.45) is 8.25. The van der Waals surface area contributed by atoms with Crippen molar-refractivity contribution >= 4 is 23.3 Å². The van der Waals surface area contributed by atoms with Crippen LogP contribution in [-0.4, -0.2) is 36.5 Å². The molecule has 0 aliphatic carbocycles. The van der Waals surface area contributed by atoms with Crippen molar-refractivity contribution in [2.24, 2.45) is 0 Å². The van der Waals surface area contributed by atoms with Crippen LogP contribution in [0, 0.1) is 0 Å². The molecule has 0 aromatic carbocycles. The first-order valence-electron chi connectivity index (χ1n) is 7.53. The fourth-order valence-corrected chi connectivity index (χ4v) is 3.08. The Morgan fingerprint density at radius 3 is 3.15 bits per heavy atom. The van der Waals surface area contributed by atoms with Crippen LogP contribution in [0.5, 0.6) is 0 Å². The van der Waals surface area contributed by atoms with Crippen molar-refractivity contribution in [3.8, 4) is 0 Å². The molecule has 1 amide bonds. The molecule has 1 atom stereocenters. The van der Waals surface area contributed by atoms with Gasteiger partial charge in [-0.25, -0.2) is 0 Å². The normalized spacial score (nSPS) is 18.8. The Morgan fingerprint density at radius 2 is 2.50 bits per heavy atom. The van der Waals surface area contributed by atoms with Gasteiger partial charge in [0.25, 0.3) is 0 Å². The zero-order valence-corrected chi connectivity index (χ0v) is 13.0. The number of nitrogens with zero attached hydrogens (tertiary/aromatic N) is 1. The fourth-order valence-electron chi connectivity index (χ4n) is 2.46. The van der Waals surface area contributed by atoms with Crippen molar-refractivity contribution in [2.75, 3.05) is 19.6 Å². The van der Waals surface area contributed by atoms with Crippen LogP contribution in [0.3, 0.4) is 0 Å². The molecule has 2 heterocycles. The maximum absolute atomic E-state index is 12.3. The van der Waals surface area contributed by atoms with E-state index in [4.69, 9.17) is 0 Å². The highest BCUT2D eigenvalue weighted by molar-refractivity contribution is 7.10. The van der Waals surface area contributed by atoms with Crippen molar-refractivity contribution in [3.05, 3.63) is 28.5 Å². The molecule has 4 heteroatoms. The van der Waals surface area contributed by atoms with Gasteiger partial charge in [0.15, 0.2) is 0 Å². The Kier molecular flexibility index (Phi) is 6.27. The van der Waals surface area contributed by atoms with Crippen LogP contribution >= 0.6 is 11.3 Å². The van der Waals surface area contributed by atoms with E-state index in [0.717, 1.165) is 37.4 Å². The largest absolute Gasteiger partial charge is 0.338 e. The molecule has 110 valence electrons. The van der Waals surface area contributed by atoms with Crippen molar-refractivity contribution in [1.82, 2.24) is 10.2 Å². The van der Waals surface area contributed by atoms with E-state index in [1.54, 1.807) is 17.4 Å². The van der Waals surface area contributed by atoms with E-state index < -0.39 is 0 Å². The van der Waals surface area contributed by atoms with Gasteiger partial charge in [-0.2, -0.15) is 0 Å². The van der Waals surface area contributed by atoms with Gasteiger partial charge in [0.2, 0.25) is 5.91 Å². The van der Waals surface area contributed by atoms with E-state index in [0.29, 0.717) is 6.04 Å². The number of nitrogens with one attached hydrogen (secondary N) is 1. The molecule has 3 nitrogen and oxygen atoms in total. The highest BCUT2D eigenvalue weighted by Gasteiger charge is 2.19. The number of hydrogen-bond acceptors (Lipinski definition) is 3. The minimum atomic E-state index is 0.139. The van der Waals surface area contributed by atoms with Crippen LogP contribution in [0.1, 0.15) is 37.5 Å². The van der Waals surface area contributed by atoms with Gasteiger partial charge >= 0.3 is 0 Å². The van der Waals surface area contributed by atoms with Gasteiger partial charge in [0.05, 0.1) is 0 Å². The molecule has 0 radical (unpaired) electrons. The molecule has 0 spiro atoms. The third kappa shape index (κ3) is 4.76. The zero-order chi connectivity index (χ0) is 14.2. The minimum absolute atomic E-state index is 0.139. The highest BCUT2D eigenvalue weighted by Crippen LogP contribution is 2.12. The SMILES string of the molecule is CCCCN(CC1CCCN1)C(=O)/C=C/c1cccs1. The molecule has 1 aromatic rings. The van der Waals surface area contributed by atoms with E-state index in [-0.39, 0.29) is 5.91 Å². The van der Waals surface area contributed by atoms with E-state index in [1.165, 1.54) is 12.8 Å². The molecule has 1 aliphatic heterocycles. The van der Waals surface area contributed by atoms with E-state index in [2.05, 4.69) is 12.2 Å². The van der Waals surface area contributed by atoms with Gasteiger partial charge < -0.3 is 10.2 Å². The van der Waals surface area contributed by atoms with Gasteiger partial charge in [-0.05, 0) is 43.3 Å². The van der Waals surface area contributed by atoms with E-state index in [1.807, 2.05) is 28.5 Å². The van der Waals surface area contributed by atoms with Gasteiger partial charge in [-0.1, -0.05) is 19.4 Å². The number of carbonyl (C=O) groups is 1. The summed E-state index contributed by atoms with van der Waals surface area (Å²) in [5.74, 6) is 0.139. The van der Waals surface area contributed by atoms with Crippen molar-refractivity contribution < 1.29 is 4.79 Å². The Labute approximate surface area is 125 Å². The Bertz CT molecular complexity index is 422. The van der Waals surface area contributed by atoms with Gasteiger partial charge in [0, 0.05) is 30.1 Å². The van der Waals surface area contributed by atoms with Crippen LogP contribution in [0.15, 0.2) is 23.6 Å². The second-order valence-corrected chi connectivity index (χ2v) is 6.26. The number of carbonyl (C=O) groups excluding carboxylic acids is 1. The third-order valence-electron chi connectivity index (χ3n) is 3.63. The van der Waals surface area contributed by atoms with E-state index in [9.17, 15) is 4.79 Å². The monoisotopic (exact) mass is 292 g/mol. The predicted octanol–water partition coefficient (Wildman–Crippen LogP) is 3.14. The van der Waals surface area contributed by atoms with Crippen molar-refractivity contribution in [1.29, 1.82) is 0 Å². The molecule has 2 rings (SSSR count). The third-order valence-corrected chi connectivity index (χ3v) is 4.47. The number of hydrogen-bond donors (Lipinski definition) is 1. The lowest BCUT2D eigenvalue weighted by molar-refractivity contribution is -0.126. The summed E-state index contributed by atoms with van der Waals surface area (Å²) >= 11 is 1.66. The summed E-state index contributed by atoms with van der Waals surface area (Å²) in [4.78, 5) is 15.5. The molecule has 1 aromatic heterocycles. The van der Waals surface area contributed by atoms with Gasteiger partial charge in [-0.3, -0.25) is 4.79 Å². The van der Waals surface area contributed by atoms with Crippen LogP contribution in [0.25, 0.3) is 6.08 Å². The molecular formula is C16H24N2OS. The molecule has 1 fully saturated rings. The van der Waals surface area contributed by atoms with E-state index >= 15 is 0 Å². The highest BCUT2D eigenvalue weighted by atomic mass is 32.1. The molecule has 1 aliphatic rings. The van der Waals surface area contributed by atoms with Crippen LogP contribution in [-0.2, 0) is 4.79 Å². The average Bonchev–Trinajstić information content (AvgIpc) is 3.13. The lowest BCUT2D eigenvalue weighted by Gasteiger charge is -2.24. The zero-order valence-electron chi connectivity index (χ0n) is 12.2. The Hall–Kier alpha value is -1.13. The maximum atomic E-state index is 12.3. The molecule has 0 bridgehead atoms. The smallest absolute Gasteiger partial charge is 0.246 e.